The van der Waals surface area contributed by atoms with Crippen LogP contribution in [0.15, 0.2) is 36.4 Å². The number of hydrogen-bond acceptors (Lipinski definition) is 4. The van der Waals surface area contributed by atoms with Crippen LogP contribution in [0.1, 0.15) is 16.8 Å². The third-order valence-electron chi connectivity index (χ3n) is 5.76. The Morgan fingerprint density at radius 2 is 1.89 bits per heavy atom. The molecule has 148 valence electrons. The summed E-state index contributed by atoms with van der Waals surface area (Å²) in [6.45, 7) is 3.63. The molecule has 1 aliphatic carbocycles. The SMILES string of the molecule is CN(Cc1cc(Cl)cc(F)n1)C(=O)C1(N2CCNCC2)Cc2ccccc2C1. The highest BCUT2D eigenvalue weighted by Gasteiger charge is 2.49. The fourth-order valence-electron chi connectivity index (χ4n) is 4.47. The lowest BCUT2D eigenvalue weighted by molar-refractivity contribution is -0.144. The number of hydrogen-bond donors (Lipinski definition) is 1. The van der Waals surface area contributed by atoms with Crippen molar-refractivity contribution >= 4 is 17.5 Å². The average molecular weight is 403 g/mol. The van der Waals surface area contributed by atoms with Crippen LogP contribution >= 0.6 is 11.6 Å². The third-order valence-corrected chi connectivity index (χ3v) is 5.98. The Balaban J connectivity index is 1.62. The molecular weight excluding hydrogens is 379 g/mol. The van der Waals surface area contributed by atoms with E-state index in [-0.39, 0.29) is 17.5 Å². The van der Waals surface area contributed by atoms with Gasteiger partial charge in [-0.15, -0.1) is 0 Å². The molecule has 2 heterocycles. The van der Waals surface area contributed by atoms with Crippen LogP contribution in [0.5, 0.6) is 0 Å². The number of piperazine rings is 1. The molecule has 4 rings (SSSR count). The Morgan fingerprint density at radius 3 is 2.50 bits per heavy atom. The summed E-state index contributed by atoms with van der Waals surface area (Å²) in [6, 6.07) is 11.1. The normalized spacial score (nSPS) is 18.7. The van der Waals surface area contributed by atoms with Gasteiger partial charge in [-0.2, -0.15) is 4.39 Å². The summed E-state index contributed by atoms with van der Waals surface area (Å²) in [5, 5.41) is 3.65. The molecule has 0 spiro atoms. The van der Waals surface area contributed by atoms with Gasteiger partial charge in [-0.3, -0.25) is 9.69 Å². The molecule has 1 aromatic heterocycles. The Hall–Kier alpha value is -2.02. The summed E-state index contributed by atoms with van der Waals surface area (Å²) < 4.78 is 13.6. The monoisotopic (exact) mass is 402 g/mol. The van der Waals surface area contributed by atoms with Crippen LogP contribution in [0.2, 0.25) is 5.02 Å². The molecule has 1 N–H and O–H groups in total. The number of nitrogens with one attached hydrogen (secondary N) is 1. The lowest BCUT2D eigenvalue weighted by Crippen LogP contribution is -2.63. The van der Waals surface area contributed by atoms with Gasteiger partial charge in [0.15, 0.2) is 0 Å². The molecule has 0 bridgehead atoms. The number of carbonyl (C=O) groups is 1. The molecule has 1 saturated heterocycles. The number of benzene rings is 1. The van der Waals surface area contributed by atoms with Crippen LogP contribution in [-0.4, -0.2) is 59.5 Å². The number of pyridine rings is 1. The van der Waals surface area contributed by atoms with Crippen molar-refractivity contribution in [2.45, 2.75) is 24.9 Å². The molecule has 0 unspecified atom stereocenters. The molecule has 5 nitrogen and oxygen atoms in total. The summed E-state index contributed by atoms with van der Waals surface area (Å²) in [7, 11) is 1.76. The van der Waals surface area contributed by atoms with Gasteiger partial charge in [0.1, 0.15) is 5.54 Å². The second kappa shape index (κ2) is 7.78. The minimum absolute atomic E-state index is 0.0489. The van der Waals surface area contributed by atoms with Crippen molar-refractivity contribution in [3.8, 4) is 0 Å². The van der Waals surface area contributed by atoms with Crippen molar-refractivity contribution in [3.05, 3.63) is 64.2 Å². The number of nitrogens with zero attached hydrogens (tertiary/aromatic N) is 3. The van der Waals surface area contributed by atoms with Crippen molar-refractivity contribution < 1.29 is 9.18 Å². The van der Waals surface area contributed by atoms with Crippen LogP contribution in [0.4, 0.5) is 4.39 Å². The number of halogens is 2. The minimum Gasteiger partial charge on any atom is -0.338 e. The van der Waals surface area contributed by atoms with Gasteiger partial charge in [0.25, 0.3) is 0 Å². The molecule has 2 aliphatic rings. The first-order valence-corrected chi connectivity index (χ1v) is 9.96. The van der Waals surface area contributed by atoms with E-state index in [9.17, 15) is 9.18 Å². The Labute approximate surface area is 169 Å². The summed E-state index contributed by atoms with van der Waals surface area (Å²) in [4.78, 5) is 21.6. The maximum Gasteiger partial charge on any atom is 0.243 e. The van der Waals surface area contributed by atoms with E-state index in [0.29, 0.717) is 18.5 Å². The smallest absolute Gasteiger partial charge is 0.243 e. The molecule has 0 atom stereocenters. The van der Waals surface area contributed by atoms with Crippen LogP contribution in [-0.2, 0) is 24.2 Å². The summed E-state index contributed by atoms with van der Waals surface area (Å²) in [5.41, 5.74) is 2.31. The van der Waals surface area contributed by atoms with E-state index in [1.165, 1.54) is 17.2 Å². The van der Waals surface area contributed by atoms with E-state index >= 15 is 0 Å². The van der Waals surface area contributed by atoms with Gasteiger partial charge in [-0.05, 0) is 17.2 Å². The van der Waals surface area contributed by atoms with Crippen molar-refractivity contribution in [1.82, 2.24) is 20.1 Å². The number of aromatic nitrogens is 1. The Morgan fingerprint density at radius 1 is 1.25 bits per heavy atom. The molecule has 2 aromatic rings. The maximum atomic E-state index is 13.7. The topological polar surface area (TPSA) is 48.5 Å². The predicted molar refractivity (Wildman–Crippen MR) is 107 cm³/mol. The lowest BCUT2D eigenvalue weighted by Gasteiger charge is -2.44. The third kappa shape index (κ3) is 3.64. The summed E-state index contributed by atoms with van der Waals surface area (Å²) in [5.74, 6) is -0.582. The Bertz CT molecular complexity index is 839. The van der Waals surface area contributed by atoms with Crippen molar-refractivity contribution in [2.24, 2.45) is 0 Å². The van der Waals surface area contributed by atoms with Gasteiger partial charge in [0.05, 0.1) is 12.2 Å². The van der Waals surface area contributed by atoms with Crippen LogP contribution in [0.3, 0.4) is 0 Å². The zero-order valence-electron chi connectivity index (χ0n) is 15.9. The molecule has 28 heavy (non-hydrogen) atoms. The molecule has 7 heteroatoms. The quantitative estimate of drug-likeness (QED) is 0.797. The predicted octanol–water partition coefficient (Wildman–Crippen LogP) is 2.28. The molecule has 0 saturated carbocycles. The number of rotatable bonds is 4. The van der Waals surface area contributed by atoms with Crippen molar-refractivity contribution in [1.29, 1.82) is 0 Å². The number of amides is 1. The molecule has 1 aromatic carbocycles. The van der Waals surface area contributed by atoms with E-state index in [0.717, 1.165) is 26.2 Å². The number of likely N-dealkylation sites (N-methyl/N-ethyl adjacent to an activating group) is 1. The highest BCUT2D eigenvalue weighted by molar-refractivity contribution is 6.30. The fraction of sp³-hybridized carbons (Fsp3) is 0.429. The first kappa shape index (κ1) is 19.3. The molecule has 0 radical (unpaired) electrons. The van der Waals surface area contributed by atoms with Gasteiger partial charge < -0.3 is 10.2 Å². The van der Waals surface area contributed by atoms with Gasteiger partial charge in [0, 0.05) is 57.2 Å². The first-order chi connectivity index (χ1) is 13.5. The molecule has 1 amide bonds. The van der Waals surface area contributed by atoms with Crippen LogP contribution in [0.25, 0.3) is 0 Å². The largest absolute Gasteiger partial charge is 0.338 e. The van der Waals surface area contributed by atoms with E-state index in [2.05, 4.69) is 27.3 Å². The second-order valence-corrected chi connectivity index (χ2v) is 8.09. The zero-order chi connectivity index (χ0) is 19.7. The minimum atomic E-state index is -0.631. The zero-order valence-corrected chi connectivity index (χ0v) is 16.7. The second-order valence-electron chi connectivity index (χ2n) is 7.65. The molecular formula is C21H24ClFN4O. The molecule has 1 aliphatic heterocycles. The summed E-state index contributed by atoms with van der Waals surface area (Å²) in [6.07, 6.45) is 1.40. The standard InChI is InChI=1S/C21H24ClFN4O/c1-26(14-18-10-17(22)11-19(23)25-18)20(28)21(27-8-6-24-7-9-27)12-15-4-2-3-5-16(15)13-21/h2-5,10-11,24H,6-9,12-14H2,1H3. The van der Waals surface area contributed by atoms with E-state index < -0.39 is 11.5 Å². The van der Waals surface area contributed by atoms with Crippen molar-refractivity contribution in [3.63, 3.8) is 0 Å². The summed E-state index contributed by atoms with van der Waals surface area (Å²) >= 11 is 5.95. The lowest BCUT2D eigenvalue weighted by atomic mass is 9.90. The highest BCUT2D eigenvalue weighted by Crippen LogP contribution is 2.36. The van der Waals surface area contributed by atoms with Crippen LogP contribution in [0, 0.1) is 5.95 Å². The van der Waals surface area contributed by atoms with Gasteiger partial charge in [-0.25, -0.2) is 4.98 Å². The van der Waals surface area contributed by atoms with E-state index in [1.54, 1.807) is 18.0 Å². The first-order valence-electron chi connectivity index (χ1n) is 9.58. The van der Waals surface area contributed by atoms with Gasteiger partial charge >= 0.3 is 0 Å². The maximum absolute atomic E-state index is 13.7. The Kier molecular flexibility index (Phi) is 5.36. The van der Waals surface area contributed by atoms with Crippen molar-refractivity contribution in [2.75, 3.05) is 33.2 Å². The number of carbonyl (C=O) groups excluding carboxylic acids is 1. The van der Waals surface area contributed by atoms with Gasteiger partial charge in [-0.1, -0.05) is 35.9 Å². The van der Waals surface area contributed by atoms with Crippen LogP contribution < -0.4 is 5.32 Å². The van der Waals surface area contributed by atoms with Gasteiger partial charge in [0.2, 0.25) is 11.9 Å². The highest BCUT2D eigenvalue weighted by atomic mass is 35.5. The van der Waals surface area contributed by atoms with E-state index in [1.807, 2.05) is 12.1 Å². The molecule has 1 fully saturated rings. The number of fused-ring (bicyclic) bond motifs is 1. The van der Waals surface area contributed by atoms with E-state index in [4.69, 9.17) is 11.6 Å². The fourth-order valence-corrected chi connectivity index (χ4v) is 4.68. The average Bonchev–Trinajstić information content (AvgIpc) is 3.08.